The Morgan fingerprint density at radius 1 is 0.714 bits per heavy atom. The molecule has 0 saturated carbocycles. The molecule has 0 aliphatic rings. The molecule has 16 nitrogen and oxygen atoms in total. The first-order chi connectivity index (χ1) is 22.7. The minimum absolute atomic E-state index is 0.691. The van der Waals surface area contributed by atoms with E-state index in [4.69, 9.17) is 5.11 Å². The summed E-state index contributed by atoms with van der Waals surface area (Å²) in [5.41, 5.74) is 3.71. The maximum absolute atomic E-state index is 9.92. The summed E-state index contributed by atoms with van der Waals surface area (Å²) in [6.07, 6.45) is 16.5. The molecule has 0 fully saturated rings. The first-order valence-corrected chi connectivity index (χ1v) is 17.6. The minimum atomic E-state index is -4.41. The molecule has 3 rings (SSSR count). The van der Waals surface area contributed by atoms with Gasteiger partial charge in [0.05, 0.1) is 28.4 Å². The van der Waals surface area contributed by atoms with Crippen LogP contribution in [0.2, 0.25) is 0 Å². The molecule has 0 amide bonds. The van der Waals surface area contributed by atoms with Crippen molar-refractivity contribution in [1.82, 2.24) is 4.98 Å². The number of aryl methyl sites for hydroxylation is 2. The second kappa shape index (κ2) is 30.6. The van der Waals surface area contributed by atoms with Gasteiger partial charge in [-0.05, 0) is 41.2 Å². The smallest absolute Gasteiger partial charge is 0.399 e. The van der Waals surface area contributed by atoms with Crippen LogP contribution in [0.5, 0.6) is 0 Å². The predicted molar refractivity (Wildman–Crippen MR) is 183 cm³/mol. The van der Waals surface area contributed by atoms with Gasteiger partial charge in [0.2, 0.25) is 20.8 Å². The van der Waals surface area contributed by atoms with E-state index in [1.165, 1.54) is 12.0 Å². The first kappa shape index (κ1) is 52.3. The van der Waals surface area contributed by atoms with E-state index in [1.807, 2.05) is 61.4 Å². The summed E-state index contributed by atoms with van der Waals surface area (Å²) in [6, 6.07) is 12.2. The van der Waals surface area contributed by atoms with Crippen LogP contribution in [0.3, 0.4) is 0 Å². The van der Waals surface area contributed by atoms with Gasteiger partial charge in [-0.2, -0.15) is 8.42 Å². The third kappa shape index (κ3) is 37.2. The third-order valence-electron chi connectivity index (χ3n) is 5.18. The van der Waals surface area contributed by atoms with E-state index in [-0.39, 0.29) is 0 Å². The number of rotatable bonds is 8. The van der Waals surface area contributed by atoms with Gasteiger partial charge in [-0.15, -0.1) is 0 Å². The minimum Gasteiger partial charge on any atom is -0.726 e. The lowest BCUT2D eigenvalue weighted by Crippen LogP contribution is -2.26. The number of aromatic nitrogens is 3. The maximum Gasteiger partial charge on any atom is 0.399 e. The zero-order chi connectivity index (χ0) is 39.1. The van der Waals surface area contributed by atoms with Gasteiger partial charge in [0.1, 0.15) is 14.1 Å². The lowest BCUT2D eigenvalue weighted by Gasteiger charge is -2.05. The van der Waals surface area contributed by atoms with Crippen LogP contribution < -0.4 is 9.13 Å². The number of pyridine rings is 3. The van der Waals surface area contributed by atoms with Crippen molar-refractivity contribution in [2.75, 3.05) is 35.5 Å². The summed E-state index contributed by atoms with van der Waals surface area (Å²) in [4.78, 5) is 3.85. The van der Waals surface area contributed by atoms with Crippen LogP contribution in [0.4, 0.5) is 0 Å². The zero-order valence-corrected chi connectivity index (χ0v) is 31.6. The molecule has 3 heterocycles. The Morgan fingerprint density at radius 2 is 1.02 bits per heavy atom. The van der Waals surface area contributed by atoms with Crippen LogP contribution in [-0.4, -0.2) is 80.0 Å². The van der Waals surface area contributed by atoms with Crippen molar-refractivity contribution in [3.63, 3.8) is 0 Å². The van der Waals surface area contributed by atoms with Gasteiger partial charge in [0.25, 0.3) is 0 Å². The maximum atomic E-state index is 9.92. The summed E-state index contributed by atoms with van der Waals surface area (Å²) in [7, 11) is -3.78. The summed E-state index contributed by atoms with van der Waals surface area (Å²) >= 11 is 0. The van der Waals surface area contributed by atoms with Gasteiger partial charge >= 0.3 is 10.4 Å². The van der Waals surface area contributed by atoms with Gasteiger partial charge in [-0.3, -0.25) is 21.7 Å². The van der Waals surface area contributed by atoms with E-state index in [0.717, 1.165) is 46.7 Å². The van der Waals surface area contributed by atoms with E-state index in [9.17, 15) is 34.4 Å². The number of aliphatic hydroxyl groups excluding tert-OH is 1. The van der Waals surface area contributed by atoms with Crippen molar-refractivity contribution in [3.05, 3.63) is 103 Å². The quantitative estimate of drug-likeness (QED) is 0.198. The normalized spacial score (nSPS) is 10.6. The van der Waals surface area contributed by atoms with Gasteiger partial charge in [0, 0.05) is 43.8 Å². The monoisotopic (exact) mass is 755 g/mol. The molecule has 1 unspecified atom stereocenters. The van der Waals surface area contributed by atoms with Crippen LogP contribution in [-0.2, 0) is 62.0 Å². The SMILES string of the molecule is C=Cc1cc[n+](C)cc1.C=Cc1ccncc1.CCC(C)c1cc[n+](C)cc1.CO.COS(=O)(=O)OC.COS(=O)(=O)[O-].COS(=O)(=O)[O-]. The molecule has 0 aliphatic carbocycles. The largest absolute Gasteiger partial charge is 0.726 e. The molecule has 3 aromatic rings. The van der Waals surface area contributed by atoms with Crippen molar-refractivity contribution in [1.29, 1.82) is 0 Å². The van der Waals surface area contributed by atoms with Crippen LogP contribution >= 0.6 is 0 Å². The van der Waals surface area contributed by atoms with Crippen molar-refractivity contribution in [2.45, 2.75) is 26.2 Å². The van der Waals surface area contributed by atoms with Crippen molar-refractivity contribution >= 4 is 43.3 Å². The van der Waals surface area contributed by atoms with Crippen molar-refractivity contribution in [2.24, 2.45) is 14.1 Å². The second-order valence-electron chi connectivity index (χ2n) is 8.48. The fourth-order valence-electron chi connectivity index (χ4n) is 2.29. The van der Waals surface area contributed by atoms with E-state index in [0.29, 0.717) is 5.92 Å². The Morgan fingerprint density at radius 3 is 1.24 bits per heavy atom. The zero-order valence-electron chi connectivity index (χ0n) is 29.2. The highest BCUT2D eigenvalue weighted by Crippen LogP contribution is 2.15. The molecule has 280 valence electrons. The average molecular weight is 756 g/mol. The molecule has 0 bridgehead atoms. The van der Waals surface area contributed by atoms with Crippen LogP contribution in [0.1, 0.15) is 42.9 Å². The van der Waals surface area contributed by atoms with Crippen molar-refractivity contribution in [3.8, 4) is 0 Å². The Labute approximate surface area is 292 Å². The van der Waals surface area contributed by atoms with Crippen molar-refractivity contribution < 1.29 is 65.3 Å². The number of aliphatic hydroxyl groups is 1. The molecular weight excluding hydrogens is 707 g/mol. The number of hydrogen-bond acceptors (Lipinski definition) is 14. The molecule has 0 aliphatic heterocycles. The number of hydrogen-bond donors (Lipinski definition) is 1. The highest BCUT2D eigenvalue weighted by Gasteiger charge is 2.03. The van der Waals surface area contributed by atoms with Gasteiger partial charge in [0.15, 0.2) is 24.8 Å². The highest BCUT2D eigenvalue weighted by molar-refractivity contribution is 7.81. The molecule has 0 spiro atoms. The summed E-state index contributed by atoms with van der Waals surface area (Å²) in [5.74, 6) is 0.691. The molecular formula is C30H49N3O13S3. The van der Waals surface area contributed by atoms with E-state index in [1.54, 1.807) is 18.5 Å². The molecule has 1 N–H and O–H groups in total. The van der Waals surface area contributed by atoms with E-state index >= 15 is 0 Å². The molecule has 0 aromatic carbocycles. The van der Waals surface area contributed by atoms with E-state index in [2.05, 4.69) is 77.8 Å². The van der Waals surface area contributed by atoms with Crippen LogP contribution in [0.15, 0.2) is 86.7 Å². The topological polar surface area (TPSA) is 226 Å². The Balaban J connectivity index is -0.000000249. The molecule has 3 aromatic heterocycles. The Bertz CT molecular complexity index is 1530. The molecule has 1 atom stereocenters. The summed E-state index contributed by atoms with van der Waals surface area (Å²) < 4.78 is 93.6. The summed E-state index contributed by atoms with van der Waals surface area (Å²) in [5, 5.41) is 7.00. The van der Waals surface area contributed by atoms with Crippen LogP contribution in [0, 0.1) is 0 Å². The number of nitrogens with zero attached hydrogens (tertiary/aromatic N) is 3. The lowest BCUT2D eigenvalue weighted by molar-refractivity contribution is -0.671. The van der Waals surface area contributed by atoms with E-state index < -0.39 is 31.2 Å². The Hall–Kier alpha value is -3.50. The molecule has 0 radical (unpaired) electrons. The fraction of sp³-hybridized carbons (Fsp3) is 0.367. The molecule has 49 heavy (non-hydrogen) atoms. The van der Waals surface area contributed by atoms with Gasteiger partial charge < -0.3 is 14.2 Å². The Kier molecular flexibility index (Phi) is 32.6. The average Bonchev–Trinajstić information content (AvgIpc) is 3.10. The first-order valence-electron chi connectivity index (χ1n) is 13.6. The van der Waals surface area contributed by atoms with Crippen LogP contribution in [0.25, 0.3) is 12.2 Å². The highest BCUT2D eigenvalue weighted by atomic mass is 32.3. The third-order valence-corrected chi connectivity index (χ3v) is 6.82. The van der Waals surface area contributed by atoms with Gasteiger partial charge in [-0.1, -0.05) is 39.2 Å². The lowest BCUT2D eigenvalue weighted by atomic mass is 10.0. The van der Waals surface area contributed by atoms with Gasteiger partial charge in [-0.25, -0.2) is 26.0 Å². The fourth-order valence-corrected chi connectivity index (χ4v) is 2.43. The molecule has 0 saturated heterocycles. The second-order valence-corrected chi connectivity index (χ2v) is 12.3. The molecule has 19 heteroatoms. The predicted octanol–water partition coefficient (Wildman–Crippen LogP) is 2.22. The standard InChI is InChI=1S/C10H16N.C8H10N.C7H7N.C2H6O4S.2CH4O4S.CH4O/c1-4-9(2)10-5-7-11(3)8-6-10;1-3-8-4-6-9(2)7-5-8;1-2-7-3-5-8-6-4-7;1-5-7(3,4)6-2;2*1-5-6(2,3)4;1-2/h5-9H,4H2,1-3H3;3-7H,1H2,2H3;2-6H,1H2;1-2H3;2*1H3,(H,2,3,4);2H,1H3/q2*+1;;;;;/p-2. The summed E-state index contributed by atoms with van der Waals surface area (Å²) in [6.45, 7) is 11.7.